The maximum absolute atomic E-state index is 12.7. The van der Waals surface area contributed by atoms with Crippen molar-refractivity contribution in [2.45, 2.75) is 43.7 Å². The van der Waals surface area contributed by atoms with Crippen molar-refractivity contribution in [1.29, 1.82) is 0 Å². The monoisotopic (exact) mass is 346 g/mol. The van der Waals surface area contributed by atoms with E-state index in [1.807, 2.05) is 6.92 Å². The molecule has 0 radical (unpaired) electrons. The van der Waals surface area contributed by atoms with Crippen LogP contribution >= 0.6 is 15.9 Å². The van der Waals surface area contributed by atoms with Crippen LogP contribution in [0.15, 0.2) is 27.6 Å². The summed E-state index contributed by atoms with van der Waals surface area (Å²) in [4.78, 5) is 0.332. The fourth-order valence-electron chi connectivity index (χ4n) is 2.44. The zero-order chi connectivity index (χ0) is 14.0. The molecular formula is C13H19BrN2O2S. The third kappa shape index (κ3) is 3.02. The van der Waals surface area contributed by atoms with Gasteiger partial charge in [-0.25, -0.2) is 8.42 Å². The van der Waals surface area contributed by atoms with Crippen molar-refractivity contribution < 1.29 is 8.42 Å². The van der Waals surface area contributed by atoms with Crippen molar-refractivity contribution in [3.05, 3.63) is 28.2 Å². The van der Waals surface area contributed by atoms with Crippen LogP contribution in [-0.2, 0) is 16.6 Å². The molecule has 19 heavy (non-hydrogen) atoms. The van der Waals surface area contributed by atoms with Crippen molar-refractivity contribution in [3.8, 4) is 0 Å². The summed E-state index contributed by atoms with van der Waals surface area (Å²) in [7, 11) is -3.42. The molecule has 1 aliphatic rings. The van der Waals surface area contributed by atoms with Gasteiger partial charge in [-0.3, -0.25) is 0 Å². The number of piperidine rings is 1. The van der Waals surface area contributed by atoms with E-state index in [0.29, 0.717) is 22.5 Å². The Kier molecular flexibility index (Phi) is 4.66. The van der Waals surface area contributed by atoms with Crippen molar-refractivity contribution >= 4 is 26.0 Å². The van der Waals surface area contributed by atoms with Crippen LogP contribution in [0.25, 0.3) is 0 Å². The quantitative estimate of drug-likeness (QED) is 0.914. The second kappa shape index (κ2) is 5.91. The largest absolute Gasteiger partial charge is 0.326 e. The van der Waals surface area contributed by atoms with Crippen LogP contribution in [0.5, 0.6) is 0 Å². The van der Waals surface area contributed by atoms with Crippen LogP contribution < -0.4 is 5.73 Å². The number of rotatable bonds is 3. The lowest BCUT2D eigenvalue weighted by atomic mass is 10.1. The van der Waals surface area contributed by atoms with Crippen molar-refractivity contribution in [2.75, 3.05) is 6.54 Å². The summed E-state index contributed by atoms with van der Waals surface area (Å²) >= 11 is 3.35. The normalized spacial score (nSPS) is 21.5. The predicted octanol–water partition coefficient (Wildman–Crippen LogP) is 2.47. The molecule has 0 aromatic heterocycles. The Hall–Kier alpha value is -0.430. The van der Waals surface area contributed by atoms with Crippen LogP contribution in [0.4, 0.5) is 0 Å². The zero-order valence-corrected chi connectivity index (χ0v) is 13.4. The highest BCUT2D eigenvalue weighted by molar-refractivity contribution is 9.10. The van der Waals surface area contributed by atoms with E-state index in [2.05, 4.69) is 15.9 Å². The Balaban J connectivity index is 2.38. The van der Waals surface area contributed by atoms with E-state index >= 15 is 0 Å². The van der Waals surface area contributed by atoms with Gasteiger partial charge in [-0.1, -0.05) is 12.5 Å². The minimum Gasteiger partial charge on any atom is -0.326 e. The number of hydrogen-bond donors (Lipinski definition) is 1. The molecule has 1 aromatic rings. The smallest absolute Gasteiger partial charge is 0.244 e. The molecule has 6 heteroatoms. The minimum atomic E-state index is -3.42. The summed E-state index contributed by atoms with van der Waals surface area (Å²) in [6.07, 6.45) is 2.96. The molecule has 1 heterocycles. The lowest BCUT2D eigenvalue weighted by molar-refractivity contribution is 0.268. The molecule has 0 aliphatic carbocycles. The van der Waals surface area contributed by atoms with Gasteiger partial charge in [-0.2, -0.15) is 4.31 Å². The van der Waals surface area contributed by atoms with Gasteiger partial charge in [-0.15, -0.1) is 0 Å². The zero-order valence-electron chi connectivity index (χ0n) is 11.0. The summed E-state index contributed by atoms with van der Waals surface area (Å²) in [5.74, 6) is 0. The second-order valence-electron chi connectivity index (χ2n) is 4.93. The third-order valence-corrected chi connectivity index (χ3v) is 6.55. The molecule has 4 nitrogen and oxygen atoms in total. The fourth-order valence-corrected chi connectivity index (χ4v) is 5.22. The van der Waals surface area contributed by atoms with Gasteiger partial charge in [-0.05, 0) is 53.4 Å². The Labute approximate surface area is 123 Å². The van der Waals surface area contributed by atoms with Gasteiger partial charge in [0.2, 0.25) is 10.0 Å². The number of benzene rings is 1. The first-order valence-electron chi connectivity index (χ1n) is 6.47. The maximum Gasteiger partial charge on any atom is 0.244 e. The SMILES string of the molecule is CC1CCCCN1S(=O)(=O)c1ccc(CN)cc1Br. The van der Waals surface area contributed by atoms with Crippen molar-refractivity contribution in [1.82, 2.24) is 4.31 Å². The highest BCUT2D eigenvalue weighted by Crippen LogP contribution is 2.30. The van der Waals surface area contributed by atoms with Gasteiger partial charge < -0.3 is 5.73 Å². The molecule has 1 aromatic carbocycles. The Morgan fingerprint density at radius 1 is 1.42 bits per heavy atom. The molecule has 2 N–H and O–H groups in total. The van der Waals surface area contributed by atoms with E-state index in [4.69, 9.17) is 5.73 Å². The molecule has 2 rings (SSSR count). The molecular weight excluding hydrogens is 328 g/mol. The van der Waals surface area contributed by atoms with Gasteiger partial charge in [0, 0.05) is 23.6 Å². The summed E-state index contributed by atoms with van der Waals surface area (Å²) in [6, 6.07) is 5.26. The Morgan fingerprint density at radius 3 is 2.74 bits per heavy atom. The van der Waals surface area contributed by atoms with Crippen molar-refractivity contribution in [2.24, 2.45) is 5.73 Å². The number of halogens is 1. The highest BCUT2D eigenvalue weighted by atomic mass is 79.9. The molecule has 106 valence electrons. The van der Waals surface area contributed by atoms with Gasteiger partial charge in [0.05, 0.1) is 4.90 Å². The summed E-state index contributed by atoms with van der Waals surface area (Å²) in [6.45, 7) is 2.98. The average molecular weight is 347 g/mol. The predicted molar refractivity (Wildman–Crippen MR) is 79.2 cm³/mol. The van der Waals surface area contributed by atoms with Gasteiger partial charge in [0.15, 0.2) is 0 Å². The van der Waals surface area contributed by atoms with Gasteiger partial charge in [0.1, 0.15) is 0 Å². The van der Waals surface area contributed by atoms with Crippen LogP contribution in [0.2, 0.25) is 0 Å². The maximum atomic E-state index is 12.7. The molecule has 1 unspecified atom stereocenters. The molecule has 0 bridgehead atoms. The van der Waals surface area contributed by atoms with Crippen LogP contribution in [0.1, 0.15) is 31.7 Å². The van der Waals surface area contributed by atoms with Gasteiger partial charge >= 0.3 is 0 Å². The van der Waals surface area contributed by atoms with E-state index < -0.39 is 10.0 Å². The third-order valence-electron chi connectivity index (χ3n) is 3.56. The van der Waals surface area contributed by atoms with E-state index in [0.717, 1.165) is 24.8 Å². The van der Waals surface area contributed by atoms with E-state index in [1.54, 1.807) is 22.5 Å². The molecule has 1 atom stereocenters. The Morgan fingerprint density at radius 2 is 2.16 bits per heavy atom. The average Bonchev–Trinajstić information content (AvgIpc) is 2.38. The summed E-state index contributed by atoms with van der Waals surface area (Å²) < 4.78 is 27.6. The number of sulfonamides is 1. The van der Waals surface area contributed by atoms with E-state index in [9.17, 15) is 8.42 Å². The molecule has 0 spiro atoms. The first kappa shape index (κ1) is 15.0. The first-order valence-corrected chi connectivity index (χ1v) is 8.70. The molecule has 0 amide bonds. The number of hydrogen-bond acceptors (Lipinski definition) is 3. The molecule has 0 saturated carbocycles. The highest BCUT2D eigenvalue weighted by Gasteiger charge is 2.32. The molecule has 1 fully saturated rings. The number of nitrogens with two attached hydrogens (primary N) is 1. The minimum absolute atomic E-state index is 0.0693. The summed E-state index contributed by atoms with van der Waals surface area (Å²) in [5.41, 5.74) is 6.48. The molecule has 1 saturated heterocycles. The lowest BCUT2D eigenvalue weighted by Crippen LogP contribution is -2.42. The molecule has 1 aliphatic heterocycles. The standard InChI is InChI=1S/C13H19BrN2O2S/c1-10-4-2-3-7-16(10)19(17,18)13-6-5-11(9-15)8-12(13)14/h5-6,8,10H,2-4,7,9,15H2,1H3. The first-order chi connectivity index (χ1) is 8.96. The fraction of sp³-hybridized carbons (Fsp3) is 0.538. The van der Waals surface area contributed by atoms with Crippen LogP contribution in [-0.4, -0.2) is 25.3 Å². The summed E-state index contributed by atoms with van der Waals surface area (Å²) in [5, 5.41) is 0. The van der Waals surface area contributed by atoms with Crippen LogP contribution in [0, 0.1) is 0 Å². The number of nitrogens with zero attached hydrogens (tertiary/aromatic N) is 1. The van der Waals surface area contributed by atoms with E-state index in [1.165, 1.54) is 0 Å². The van der Waals surface area contributed by atoms with Crippen LogP contribution in [0.3, 0.4) is 0 Å². The topological polar surface area (TPSA) is 63.4 Å². The van der Waals surface area contributed by atoms with Crippen molar-refractivity contribution in [3.63, 3.8) is 0 Å². The second-order valence-corrected chi connectivity index (χ2v) is 7.64. The van der Waals surface area contributed by atoms with Gasteiger partial charge in [0.25, 0.3) is 0 Å². The van der Waals surface area contributed by atoms with E-state index in [-0.39, 0.29) is 6.04 Å². The lowest BCUT2D eigenvalue weighted by Gasteiger charge is -2.32. The Bertz CT molecular complexity index is 560.